The number of sulfonamides is 1. The Kier molecular flexibility index (Phi) is 5.40. The van der Waals surface area contributed by atoms with Gasteiger partial charge in [-0.15, -0.1) is 0 Å². The molecular formula is C14H22N2O3S2. The molecule has 1 aliphatic rings. The van der Waals surface area contributed by atoms with Crippen LogP contribution in [0.1, 0.15) is 25.7 Å². The Bertz CT molecular complexity index is 590. The van der Waals surface area contributed by atoms with E-state index in [1.807, 2.05) is 6.26 Å². The highest BCUT2D eigenvalue weighted by Crippen LogP contribution is 2.30. The van der Waals surface area contributed by atoms with Gasteiger partial charge in [0.1, 0.15) is 10.6 Å². The molecular weight excluding hydrogens is 308 g/mol. The number of thioether (sulfide) groups is 1. The Morgan fingerprint density at radius 2 is 2.05 bits per heavy atom. The van der Waals surface area contributed by atoms with Gasteiger partial charge in [0.05, 0.1) is 7.11 Å². The van der Waals surface area contributed by atoms with Crippen LogP contribution in [0.4, 0.5) is 5.69 Å². The summed E-state index contributed by atoms with van der Waals surface area (Å²) in [4.78, 5) is 0.143. The van der Waals surface area contributed by atoms with Gasteiger partial charge in [-0.2, -0.15) is 11.8 Å². The molecule has 0 heterocycles. The number of nitrogens with one attached hydrogen (secondary N) is 1. The molecule has 7 heteroatoms. The van der Waals surface area contributed by atoms with Crippen LogP contribution in [0.15, 0.2) is 23.1 Å². The van der Waals surface area contributed by atoms with Crippen molar-refractivity contribution in [1.82, 2.24) is 4.72 Å². The van der Waals surface area contributed by atoms with Gasteiger partial charge < -0.3 is 10.5 Å². The summed E-state index contributed by atoms with van der Waals surface area (Å²) in [5.74, 6) is 0.277. The predicted molar refractivity (Wildman–Crippen MR) is 87.3 cm³/mol. The molecule has 118 valence electrons. The minimum absolute atomic E-state index is 0.0268. The monoisotopic (exact) mass is 330 g/mol. The summed E-state index contributed by atoms with van der Waals surface area (Å²) in [5, 5.41) is 0.327. The maximum Gasteiger partial charge on any atom is 0.244 e. The van der Waals surface area contributed by atoms with E-state index in [1.54, 1.807) is 17.8 Å². The van der Waals surface area contributed by atoms with Crippen LogP contribution in [0, 0.1) is 0 Å². The highest BCUT2D eigenvalue weighted by molar-refractivity contribution is 7.99. The summed E-state index contributed by atoms with van der Waals surface area (Å²) in [7, 11) is -2.16. The highest BCUT2D eigenvalue weighted by Gasteiger charge is 2.30. The second kappa shape index (κ2) is 6.89. The molecule has 1 aliphatic carbocycles. The number of ether oxygens (including phenoxy) is 1. The van der Waals surface area contributed by atoms with Crippen molar-refractivity contribution in [2.24, 2.45) is 0 Å². The number of hydrogen-bond donors (Lipinski definition) is 2. The van der Waals surface area contributed by atoms with Crippen LogP contribution < -0.4 is 15.2 Å². The molecule has 0 spiro atoms. The molecule has 0 aliphatic heterocycles. The lowest BCUT2D eigenvalue weighted by Gasteiger charge is -2.30. The first-order valence-corrected chi connectivity index (χ1v) is 9.73. The molecule has 0 radical (unpaired) electrons. The Balaban J connectivity index is 2.25. The Morgan fingerprint density at radius 3 is 2.71 bits per heavy atom. The van der Waals surface area contributed by atoms with Gasteiger partial charge >= 0.3 is 0 Å². The van der Waals surface area contributed by atoms with Gasteiger partial charge in [-0.25, -0.2) is 13.1 Å². The van der Waals surface area contributed by atoms with Crippen LogP contribution in [-0.2, 0) is 10.0 Å². The van der Waals surface area contributed by atoms with Crippen LogP contribution in [0.2, 0.25) is 0 Å². The molecule has 5 nitrogen and oxygen atoms in total. The number of benzene rings is 1. The minimum atomic E-state index is -3.61. The summed E-state index contributed by atoms with van der Waals surface area (Å²) in [6, 6.07) is 4.57. The molecule has 0 bridgehead atoms. The van der Waals surface area contributed by atoms with Gasteiger partial charge in [0.15, 0.2) is 0 Å². The Hall–Kier alpha value is -0.920. The van der Waals surface area contributed by atoms with E-state index < -0.39 is 10.0 Å². The third-order valence-electron chi connectivity index (χ3n) is 3.79. The van der Waals surface area contributed by atoms with Crippen LogP contribution in [0.5, 0.6) is 5.75 Å². The van der Waals surface area contributed by atoms with E-state index in [1.165, 1.54) is 19.2 Å². The molecule has 0 aromatic heterocycles. The topological polar surface area (TPSA) is 81.4 Å². The van der Waals surface area contributed by atoms with Gasteiger partial charge in [0, 0.05) is 23.0 Å². The summed E-state index contributed by atoms with van der Waals surface area (Å²) < 4.78 is 33.2. The lowest BCUT2D eigenvalue weighted by molar-refractivity contribution is 0.399. The molecule has 1 aromatic rings. The Labute approximate surface area is 130 Å². The standard InChI is InChI=1S/C14H22N2O3S2/c1-19-12-9-10(15)7-8-14(12)21(17,18)16-11-5-3-4-6-13(11)20-2/h7-9,11,13,16H,3-6,15H2,1-2H3. The van der Waals surface area contributed by atoms with Crippen molar-refractivity contribution in [3.05, 3.63) is 18.2 Å². The first-order valence-electron chi connectivity index (χ1n) is 6.96. The maximum atomic E-state index is 12.6. The van der Waals surface area contributed by atoms with E-state index in [9.17, 15) is 8.42 Å². The number of nitrogen functional groups attached to an aromatic ring is 1. The number of anilines is 1. The molecule has 1 aromatic carbocycles. The van der Waals surface area contributed by atoms with Crippen LogP contribution >= 0.6 is 11.8 Å². The van der Waals surface area contributed by atoms with E-state index in [4.69, 9.17) is 10.5 Å². The molecule has 2 unspecified atom stereocenters. The van der Waals surface area contributed by atoms with Crippen LogP contribution in [-0.4, -0.2) is 33.1 Å². The second-order valence-corrected chi connectivity index (χ2v) is 7.96. The first-order chi connectivity index (χ1) is 9.97. The van der Waals surface area contributed by atoms with Gasteiger partial charge in [0.25, 0.3) is 0 Å². The van der Waals surface area contributed by atoms with Gasteiger partial charge in [-0.1, -0.05) is 12.8 Å². The lowest BCUT2D eigenvalue weighted by Crippen LogP contribution is -2.43. The third kappa shape index (κ3) is 3.84. The van der Waals surface area contributed by atoms with Gasteiger partial charge in [-0.05, 0) is 31.2 Å². The SMILES string of the molecule is COc1cc(N)ccc1S(=O)(=O)NC1CCCCC1SC. The van der Waals surface area contributed by atoms with E-state index in [-0.39, 0.29) is 16.7 Å². The lowest BCUT2D eigenvalue weighted by atomic mass is 9.96. The van der Waals surface area contributed by atoms with Crippen molar-refractivity contribution >= 4 is 27.5 Å². The van der Waals surface area contributed by atoms with Crippen molar-refractivity contribution in [3.8, 4) is 5.75 Å². The van der Waals surface area contributed by atoms with Crippen molar-refractivity contribution in [3.63, 3.8) is 0 Å². The summed E-state index contributed by atoms with van der Waals surface area (Å²) in [6.07, 6.45) is 6.17. The zero-order valence-corrected chi connectivity index (χ0v) is 14.0. The van der Waals surface area contributed by atoms with E-state index >= 15 is 0 Å². The zero-order valence-electron chi connectivity index (χ0n) is 12.3. The quantitative estimate of drug-likeness (QED) is 0.809. The number of rotatable bonds is 5. The van der Waals surface area contributed by atoms with E-state index in [2.05, 4.69) is 4.72 Å². The molecule has 2 rings (SSSR count). The molecule has 1 saturated carbocycles. The second-order valence-electron chi connectivity index (χ2n) is 5.20. The molecule has 2 atom stereocenters. The zero-order chi connectivity index (χ0) is 15.5. The van der Waals surface area contributed by atoms with Crippen LogP contribution in [0.3, 0.4) is 0 Å². The fourth-order valence-electron chi connectivity index (χ4n) is 2.68. The minimum Gasteiger partial charge on any atom is -0.495 e. The van der Waals surface area contributed by atoms with Crippen molar-refractivity contribution in [2.75, 3.05) is 19.1 Å². The molecule has 21 heavy (non-hydrogen) atoms. The van der Waals surface area contributed by atoms with Crippen molar-refractivity contribution in [1.29, 1.82) is 0 Å². The molecule has 0 amide bonds. The summed E-state index contributed by atoms with van der Waals surface area (Å²) in [6.45, 7) is 0. The first kappa shape index (κ1) is 16.5. The molecule has 1 fully saturated rings. The van der Waals surface area contributed by atoms with Crippen molar-refractivity contribution < 1.29 is 13.2 Å². The predicted octanol–water partition coefficient (Wildman–Crippen LogP) is 2.23. The maximum absolute atomic E-state index is 12.6. The van der Waals surface area contributed by atoms with Crippen molar-refractivity contribution in [2.45, 2.75) is 41.9 Å². The molecule has 3 N–H and O–H groups in total. The number of hydrogen-bond acceptors (Lipinski definition) is 5. The average Bonchev–Trinajstić information content (AvgIpc) is 2.47. The number of methoxy groups -OCH3 is 1. The van der Waals surface area contributed by atoms with Gasteiger partial charge in [-0.3, -0.25) is 0 Å². The van der Waals surface area contributed by atoms with Crippen LogP contribution in [0.25, 0.3) is 0 Å². The molecule has 0 saturated heterocycles. The Morgan fingerprint density at radius 1 is 1.33 bits per heavy atom. The normalized spacial score (nSPS) is 23.0. The smallest absolute Gasteiger partial charge is 0.244 e. The number of nitrogens with two attached hydrogens (primary N) is 1. The fourth-order valence-corrected chi connectivity index (χ4v) is 5.17. The third-order valence-corrected chi connectivity index (χ3v) is 6.49. The van der Waals surface area contributed by atoms with Gasteiger partial charge in [0.2, 0.25) is 10.0 Å². The summed E-state index contributed by atoms with van der Waals surface area (Å²) in [5.41, 5.74) is 6.15. The van der Waals surface area contributed by atoms with E-state index in [0.717, 1.165) is 25.7 Å². The average molecular weight is 330 g/mol. The van der Waals surface area contributed by atoms with E-state index in [0.29, 0.717) is 10.9 Å². The summed E-state index contributed by atoms with van der Waals surface area (Å²) >= 11 is 1.72. The fraction of sp³-hybridized carbons (Fsp3) is 0.571. The highest BCUT2D eigenvalue weighted by atomic mass is 32.2. The largest absolute Gasteiger partial charge is 0.495 e.